The topological polar surface area (TPSA) is 48.9 Å². The number of likely N-dealkylation sites (tertiary alicyclic amines) is 1. The highest BCUT2D eigenvalue weighted by Crippen LogP contribution is 2.27. The summed E-state index contributed by atoms with van der Waals surface area (Å²) in [7, 11) is 0. The summed E-state index contributed by atoms with van der Waals surface area (Å²) in [5.74, 6) is 1.46. The summed E-state index contributed by atoms with van der Waals surface area (Å²) in [6.45, 7) is 9.54. The predicted octanol–water partition coefficient (Wildman–Crippen LogP) is 1.86. The Kier molecular flexibility index (Phi) is 5.41. The Bertz CT molecular complexity index is 632. The zero-order valence-electron chi connectivity index (χ0n) is 15.8. The molecule has 3 fully saturated rings. The van der Waals surface area contributed by atoms with Crippen molar-refractivity contribution >= 4 is 11.7 Å². The number of carbonyl (C=O) groups is 1. The molecule has 4 rings (SSSR count). The normalized spacial score (nSPS) is 26.8. The Morgan fingerprint density at radius 2 is 2.08 bits per heavy atom. The van der Waals surface area contributed by atoms with Gasteiger partial charge in [0.05, 0.1) is 24.8 Å². The molecule has 1 aromatic rings. The standard InChI is InChI=1S/C20H30N4O2/c1-2-8-23-11-16-12-24(13-17(23)15-26-14-16)19-18(6-5-7-21-19)20(25)22-9-3-4-10-22/h5-7,16-17H,2-4,8-15H2,1H3/t16-,17+/m1/s1. The van der Waals surface area contributed by atoms with Crippen LogP contribution in [-0.2, 0) is 4.74 Å². The lowest BCUT2D eigenvalue weighted by molar-refractivity contribution is 0.0791. The molecule has 0 saturated carbocycles. The van der Waals surface area contributed by atoms with E-state index in [1.165, 1.54) is 0 Å². The van der Waals surface area contributed by atoms with E-state index in [1.54, 1.807) is 0 Å². The van der Waals surface area contributed by atoms with Crippen molar-refractivity contribution in [1.82, 2.24) is 14.8 Å². The van der Waals surface area contributed by atoms with Crippen molar-refractivity contribution in [2.24, 2.45) is 5.92 Å². The van der Waals surface area contributed by atoms with Gasteiger partial charge in [-0.15, -0.1) is 0 Å². The molecule has 0 unspecified atom stereocenters. The second-order valence-corrected chi connectivity index (χ2v) is 7.83. The van der Waals surface area contributed by atoms with Crippen LogP contribution < -0.4 is 4.90 Å². The molecule has 0 aromatic carbocycles. The molecule has 0 N–H and O–H groups in total. The number of nitrogens with zero attached hydrogens (tertiary/aromatic N) is 4. The monoisotopic (exact) mass is 358 g/mol. The molecule has 4 heterocycles. The maximum Gasteiger partial charge on any atom is 0.257 e. The number of fused-ring (bicyclic) bond motifs is 3. The third-order valence-electron chi connectivity index (χ3n) is 5.80. The molecule has 3 aliphatic heterocycles. The van der Waals surface area contributed by atoms with Crippen LogP contribution in [0, 0.1) is 5.92 Å². The van der Waals surface area contributed by atoms with E-state index in [9.17, 15) is 4.79 Å². The van der Waals surface area contributed by atoms with Crippen molar-refractivity contribution in [3.8, 4) is 0 Å². The van der Waals surface area contributed by atoms with Crippen molar-refractivity contribution < 1.29 is 9.53 Å². The molecule has 26 heavy (non-hydrogen) atoms. The highest BCUT2D eigenvalue weighted by molar-refractivity contribution is 5.99. The second-order valence-electron chi connectivity index (χ2n) is 7.83. The number of carbonyl (C=O) groups excluding carboxylic acids is 1. The Hall–Kier alpha value is -1.66. The molecule has 142 valence electrons. The van der Waals surface area contributed by atoms with Gasteiger partial charge < -0.3 is 14.5 Å². The fourth-order valence-corrected chi connectivity index (χ4v) is 4.57. The molecule has 1 amide bonds. The molecular formula is C20H30N4O2. The van der Waals surface area contributed by atoms with Crippen LogP contribution in [0.15, 0.2) is 18.3 Å². The molecule has 1 aromatic heterocycles. The summed E-state index contributed by atoms with van der Waals surface area (Å²) in [5, 5.41) is 0. The molecule has 0 radical (unpaired) electrons. The van der Waals surface area contributed by atoms with Gasteiger partial charge in [-0.2, -0.15) is 0 Å². The number of anilines is 1. The van der Waals surface area contributed by atoms with Crippen molar-refractivity contribution in [2.45, 2.75) is 32.2 Å². The number of amides is 1. The first-order valence-electron chi connectivity index (χ1n) is 10.1. The van der Waals surface area contributed by atoms with E-state index in [0.29, 0.717) is 12.0 Å². The number of ether oxygens (including phenoxy) is 1. The fourth-order valence-electron chi connectivity index (χ4n) is 4.57. The molecule has 6 nitrogen and oxygen atoms in total. The number of hydrogen-bond acceptors (Lipinski definition) is 5. The van der Waals surface area contributed by atoms with Gasteiger partial charge in [-0.1, -0.05) is 6.92 Å². The van der Waals surface area contributed by atoms with Crippen LogP contribution in [0.3, 0.4) is 0 Å². The van der Waals surface area contributed by atoms with Gasteiger partial charge in [0.15, 0.2) is 0 Å². The Morgan fingerprint density at radius 1 is 1.23 bits per heavy atom. The third-order valence-corrected chi connectivity index (χ3v) is 5.80. The van der Waals surface area contributed by atoms with E-state index in [2.05, 4.69) is 21.7 Å². The Morgan fingerprint density at radius 3 is 2.88 bits per heavy atom. The fraction of sp³-hybridized carbons (Fsp3) is 0.700. The number of pyridine rings is 1. The lowest BCUT2D eigenvalue weighted by Gasteiger charge is -2.32. The quantitative estimate of drug-likeness (QED) is 0.822. The van der Waals surface area contributed by atoms with Crippen molar-refractivity contribution in [1.29, 1.82) is 0 Å². The summed E-state index contributed by atoms with van der Waals surface area (Å²) in [4.78, 5) is 24.6. The van der Waals surface area contributed by atoms with Crippen LogP contribution in [-0.4, -0.2) is 79.2 Å². The molecule has 3 saturated heterocycles. The molecule has 6 heteroatoms. The van der Waals surface area contributed by atoms with Gasteiger partial charge in [-0.3, -0.25) is 9.69 Å². The molecule has 0 spiro atoms. The summed E-state index contributed by atoms with van der Waals surface area (Å²) >= 11 is 0. The maximum absolute atomic E-state index is 13.0. The minimum atomic E-state index is 0.140. The summed E-state index contributed by atoms with van der Waals surface area (Å²) in [6.07, 6.45) is 5.19. The summed E-state index contributed by atoms with van der Waals surface area (Å²) < 4.78 is 5.92. The second kappa shape index (κ2) is 7.92. The summed E-state index contributed by atoms with van der Waals surface area (Å²) in [6, 6.07) is 4.21. The van der Waals surface area contributed by atoms with Crippen LogP contribution in [0.25, 0.3) is 0 Å². The van der Waals surface area contributed by atoms with E-state index in [4.69, 9.17) is 4.74 Å². The zero-order valence-corrected chi connectivity index (χ0v) is 15.8. The Labute approximate surface area is 156 Å². The van der Waals surface area contributed by atoms with Crippen LogP contribution in [0.1, 0.15) is 36.5 Å². The average molecular weight is 358 g/mol. The van der Waals surface area contributed by atoms with E-state index in [1.807, 2.05) is 23.2 Å². The highest BCUT2D eigenvalue weighted by Gasteiger charge is 2.35. The van der Waals surface area contributed by atoms with E-state index in [-0.39, 0.29) is 5.91 Å². The van der Waals surface area contributed by atoms with Crippen LogP contribution in [0.2, 0.25) is 0 Å². The van der Waals surface area contributed by atoms with E-state index >= 15 is 0 Å². The minimum absolute atomic E-state index is 0.140. The van der Waals surface area contributed by atoms with Gasteiger partial charge in [-0.25, -0.2) is 4.98 Å². The minimum Gasteiger partial charge on any atom is -0.379 e. The number of hydrogen-bond donors (Lipinski definition) is 0. The predicted molar refractivity (Wildman–Crippen MR) is 102 cm³/mol. The van der Waals surface area contributed by atoms with Crippen molar-refractivity contribution in [2.75, 3.05) is 57.4 Å². The molecule has 3 aliphatic rings. The zero-order chi connectivity index (χ0) is 17.9. The van der Waals surface area contributed by atoms with E-state index < -0.39 is 0 Å². The van der Waals surface area contributed by atoms with E-state index in [0.717, 1.165) is 83.1 Å². The smallest absolute Gasteiger partial charge is 0.257 e. The van der Waals surface area contributed by atoms with Crippen LogP contribution in [0.5, 0.6) is 0 Å². The van der Waals surface area contributed by atoms with Gasteiger partial charge in [0.2, 0.25) is 0 Å². The first kappa shape index (κ1) is 17.7. The maximum atomic E-state index is 13.0. The molecule has 2 atom stereocenters. The van der Waals surface area contributed by atoms with Crippen molar-refractivity contribution in [3.63, 3.8) is 0 Å². The van der Waals surface area contributed by atoms with Crippen LogP contribution in [0.4, 0.5) is 5.82 Å². The molecular weight excluding hydrogens is 328 g/mol. The summed E-state index contributed by atoms with van der Waals surface area (Å²) in [5.41, 5.74) is 0.761. The SMILES string of the molecule is CCCN1C[C@H]2COC[C@@H]1CN(c1ncccc1C(=O)N1CCCC1)C2. The largest absolute Gasteiger partial charge is 0.379 e. The van der Waals surface area contributed by atoms with Crippen molar-refractivity contribution in [3.05, 3.63) is 23.9 Å². The first-order chi connectivity index (χ1) is 12.8. The van der Waals surface area contributed by atoms with Gasteiger partial charge in [-0.05, 0) is 37.9 Å². The number of rotatable bonds is 4. The number of aromatic nitrogens is 1. The Balaban J connectivity index is 1.60. The lowest BCUT2D eigenvalue weighted by Crippen LogP contribution is -2.45. The molecule has 2 bridgehead atoms. The average Bonchev–Trinajstić information content (AvgIpc) is 3.04. The van der Waals surface area contributed by atoms with Gasteiger partial charge >= 0.3 is 0 Å². The first-order valence-corrected chi connectivity index (χ1v) is 10.1. The van der Waals surface area contributed by atoms with Crippen LogP contribution >= 0.6 is 0 Å². The van der Waals surface area contributed by atoms with Gasteiger partial charge in [0, 0.05) is 44.8 Å². The van der Waals surface area contributed by atoms with Gasteiger partial charge in [0.1, 0.15) is 5.82 Å². The highest BCUT2D eigenvalue weighted by atomic mass is 16.5. The molecule has 0 aliphatic carbocycles. The van der Waals surface area contributed by atoms with Gasteiger partial charge in [0.25, 0.3) is 5.91 Å². The third kappa shape index (κ3) is 3.58. The lowest BCUT2D eigenvalue weighted by atomic mass is 10.1.